The summed E-state index contributed by atoms with van der Waals surface area (Å²) < 4.78 is 5.90. The van der Waals surface area contributed by atoms with Crippen molar-refractivity contribution in [3.63, 3.8) is 0 Å². The van der Waals surface area contributed by atoms with Gasteiger partial charge in [-0.25, -0.2) is 9.97 Å². The number of nitrogens with zero attached hydrogens (tertiary/aromatic N) is 2. The number of halogens is 2. The number of aryl methyl sites for hydroxylation is 1. The van der Waals surface area contributed by atoms with Crippen LogP contribution < -0.4 is 4.74 Å². The summed E-state index contributed by atoms with van der Waals surface area (Å²) >= 11 is 13.1. The molecular formula is C19H15Cl2N3O2S. The number of rotatable bonds is 6. The van der Waals surface area contributed by atoms with E-state index in [-0.39, 0.29) is 21.9 Å². The SMILES string of the molecule is C=C(Cl)/C(COc1cccc2c(-c3csc(O)n3)cc(C)nc12)=C(/Cl)C=N. The average Bonchev–Trinajstić information content (AvgIpc) is 3.07. The summed E-state index contributed by atoms with van der Waals surface area (Å²) in [5.41, 5.74) is 3.41. The summed E-state index contributed by atoms with van der Waals surface area (Å²) in [7, 11) is 0. The Hall–Kier alpha value is -2.41. The second kappa shape index (κ2) is 8.08. The Labute approximate surface area is 170 Å². The number of nitrogens with one attached hydrogen (secondary N) is 1. The van der Waals surface area contributed by atoms with E-state index in [9.17, 15) is 5.11 Å². The quantitative estimate of drug-likeness (QED) is 0.399. The highest BCUT2D eigenvalue weighted by atomic mass is 35.5. The van der Waals surface area contributed by atoms with Gasteiger partial charge in [-0.15, -0.1) is 0 Å². The molecule has 5 nitrogen and oxygen atoms in total. The molecule has 138 valence electrons. The van der Waals surface area contributed by atoms with Crippen molar-refractivity contribution in [3.8, 4) is 22.2 Å². The number of pyridine rings is 1. The molecule has 0 unspecified atom stereocenters. The van der Waals surface area contributed by atoms with Gasteiger partial charge in [-0.3, -0.25) is 0 Å². The van der Waals surface area contributed by atoms with Crippen molar-refractivity contribution in [2.24, 2.45) is 0 Å². The predicted molar refractivity (Wildman–Crippen MR) is 111 cm³/mol. The molecule has 0 saturated heterocycles. The molecule has 0 saturated carbocycles. The minimum atomic E-state index is 0.0108. The largest absolute Gasteiger partial charge is 0.487 e. The van der Waals surface area contributed by atoms with Crippen molar-refractivity contribution in [1.82, 2.24) is 9.97 Å². The molecule has 27 heavy (non-hydrogen) atoms. The number of aromatic hydroxyl groups is 1. The molecule has 0 aliphatic carbocycles. The molecule has 8 heteroatoms. The number of aromatic nitrogens is 2. The molecule has 0 aliphatic heterocycles. The average molecular weight is 420 g/mol. The maximum Gasteiger partial charge on any atom is 0.271 e. The van der Waals surface area contributed by atoms with Crippen molar-refractivity contribution in [2.45, 2.75) is 6.92 Å². The number of hydrogen-bond acceptors (Lipinski definition) is 6. The van der Waals surface area contributed by atoms with Gasteiger partial charge in [0.25, 0.3) is 5.19 Å². The molecule has 3 aromatic rings. The van der Waals surface area contributed by atoms with Crippen LogP contribution in [-0.2, 0) is 0 Å². The van der Waals surface area contributed by atoms with Crippen LogP contribution in [0.5, 0.6) is 10.9 Å². The van der Waals surface area contributed by atoms with Gasteiger partial charge < -0.3 is 15.3 Å². The number of allylic oxidation sites excluding steroid dienone is 1. The monoisotopic (exact) mass is 419 g/mol. The van der Waals surface area contributed by atoms with Gasteiger partial charge >= 0.3 is 0 Å². The Morgan fingerprint density at radius 3 is 2.78 bits per heavy atom. The van der Waals surface area contributed by atoms with Crippen molar-refractivity contribution in [1.29, 1.82) is 5.41 Å². The van der Waals surface area contributed by atoms with E-state index in [2.05, 4.69) is 16.5 Å². The Morgan fingerprint density at radius 1 is 1.37 bits per heavy atom. The lowest BCUT2D eigenvalue weighted by Crippen LogP contribution is -2.05. The molecule has 1 aromatic carbocycles. The molecule has 0 amide bonds. The maximum absolute atomic E-state index is 9.59. The van der Waals surface area contributed by atoms with Crippen molar-refractivity contribution < 1.29 is 9.84 Å². The van der Waals surface area contributed by atoms with Crippen LogP contribution >= 0.6 is 34.5 Å². The van der Waals surface area contributed by atoms with E-state index in [1.807, 2.05) is 25.1 Å². The zero-order valence-corrected chi connectivity index (χ0v) is 16.6. The third kappa shape index (κ3) is 4.13. The molecule has 2 N–H and O–H groups in total. The number of hydrogen-bond donors (Lipinski definition) is 2. The lowest BCUT2D eigenvalue weighted by Gasteiger charge is -2.13. The number of para-hydroxylation sites is 1. The lowest BCUT2D eigenvalue weighted by atomic mass is 10.1. The topological polar surface area (TPSA) is 79.1 Å². The van der Waals surface area contributed by atoms with Gasteiger partial charge in [0.05, 0.1) is 10.7 Å². The molecule has 0 spiro atoms. The minimum Gasteiger partial charge on any atom is -0.487 e. The second-order valence-electron chi connectivity index (χ2n) is 5.64. The third-order valence-electron chi connectivity index (χ3n) is 3.81. The summed E-state index contributed by atoms with van der Waals surface area (Å²) in [5, 5.41) is 19.9. The van der Waals surface area contributed by atoms with Gasteiger partial charge in [0.1, 0.15) is 17.9 Å². The van der Waals surface area contributed by atoms with E-state index in [0.29, 0.717) is 22.5 Å². The van der Waals surface area contributed by atoms with E-state index in [0.717, 1.165) is 22.9 Å². The zero-order valence-electron chi connectivity index (χ0n) is 14.3. The van der Waals surface area contributed by atoms with E-state index in [4.69, 9.17) is 33.3 Å². The first kappa shape index (κ1) is 19.4. The normalized spacial score (nSPS) is 12.0. The molecule has 2 heterocycles. The Balaban J connectivity index is 2.06. The zero-order chi connectivity index (χ0) is 19.6. The maximum atomic E-state index is 9.59. The summed E-state index contributed by atoms with van der Waals surface area (Å²) in [6.45, 7) is 5.60. The van der Waals surface area contributed by atoms with Gasteiger partial charge in [0.2, 0.25) is 0 Å². The summed E-state index contributed by atoms with van der Waals surface area (Å²) in [5.74, 6) is 0.543. The molecule has 3 rings (SSSR count). The number of benzene rings is 1. The van der Waals surface area contributed by atoms with Crippen LogP contribution in [0, 0.1) is 12.3 Å². The molecule has 0 bridgehead atoms. The van der Waals surface area contributed by atoms with Crippen LogP contribution in [0.3, 0.4) is 0 Å². The lowest BCUT2D eigenvalue weighted by molar-refractivity contribution is 0.358. The summed E-state index contributed by atoms with van der Waals surface area (Å²) in [6.07, 6.45) is 0.992. The fourth-order valence-corrected chi connectivity index (χ4v) is 3.50. The van der Waals surface area contributed by atoms with Crippen LogP contribution in [0.2, 0.25) is 0 Å². The van der Waals surface area contributed by atoms with Gasteiger partial charge in [0, 0.05) is 38.8 Å². The predicted octanol–water partition coefficient (Wildman–Crippen LogP) is 5.65. The van der Waals surface area contributed by atoms with Gasteiger partial charge in [0.15, 0.2) is 0 Å². The first-order valence-electron chi connectivity index (χ1n) is 7.82. The summed E-state index contributed by atoms with van der Waals surface area (Å²) in [4.78, 5) is 8.76. The van der Waals surface area contributed by atoms with E-state index in [1.54, 1.807) is 11.4 Å². The van der Waals surface area contributed by atoms with Crippen LogP contribution in [0.4, 0.5) is 0 Å². The molecule has 0 atom stereocenters. The number of fused-ring (bicyclic) bond motifs is 1. The highest BCUT2D eigenvalue weighted by molar-refractivity contribution is 7.11. The molecule has 2 aromatic heterocycles. The summed E-state index contributed by atoms with van der Waals surface area (Å²) in [6, 6.07) is 7.48. The Morgan fingerprint density at radius 2 is 2.15 bits per heavy atom. The van der Waals surface area contributed by atoms with Gasteiger partial charge in [-0.2, -0.15) is 0 Å². The van der Waals surface area contributed by atoms with E-state index in [1.165, 1.54) is 11.3 Å². The standard InChI is InChI=1S/C19H15Cl2N3O2S/c1-10-6-13(16-9-27-19(25)24-16)12-4-3-5-17(18(12)23-10)26-8-14(11(2)20)15(21)7-22/h3-7,9,22H,2,8H2,1H3,(H,24,25)/b15-14+,22-7?. The van der Waals surface area contributed by atoms with Crippen molar-refractivity contribution >= 4 is 51.7 Å². The fourth-order valence-electron chi connectivity index (χ4n) is 2.58. The minimum absolute atomic E-state index is 0.0108. The van der Waals surface area contributed by atoms with Crippen molar-refractivity contribution in [3.05, 3.63) is 57.6 Å². The third-order valence-corrected chi connectivity index (χ3v) is 5.02. The Bertz CT molecular complexity index is 1080. The second-order valence-corrected chi connectivity index (χ2v) is 7.34. The fraction of sp³-hybridized carbons (Fsp3) is 0.105. The molecular weight excluding hydrogens is 405 g/mol. The van der Waals surface area contributed by atoms with Crippen LogP contribution in [0.15, 0.2) is 51.9 Å². The molecule has 0 aliphatic rings. The van der Waals surface area contributed by atoms with Crippen LogP contribution in [-0.4, -0.2) is 27.9 Å². The van der Waals surface area contributed by atoms with Gasteiger partial charge in [-0.1, -0.05) is 53.3 Å². The van der Waals surface area contributed by atoms with Crippen LogP contribution in [0.25, 0.3) is 22.2 Å². The number of thiazole rings is 1. The van der Waals surface area contributed by atoms with E-state index < -0.39 is 0 Å². The van der Waals surface area contributed by atoms with E-state index >= 15 is 0 Å². The first-order chi connectivity index (χ1) is 12.9. The first-order valence-corrected chi connectivity index (χ1v) is 9.46. The van der Waals surface area contributed by atoms with Gasteiger partial charge in [-0.05, 0) is 19.1 Å². The highest BCUT2D eigenvalue weighted by Crippen LogP contribution is 2.35. The molecule has 0 fully saturated rings. The number of ether oxygens (including phenoxy) is 1. The van der Waals surface area contributed by atoms with Crippen LogP contribution in [0.1, 0.15) is 5.69 Å². The Kier molecular flexibility index (Phi) is 5.79. The smallest absolute Gasteiger partial charge is 0.271 e. The molecule has 0 radical (unpaired) electrons. The van der Waals surface area contributed by atoms with Crippen molar-refractivity contribution in [2.75, 3.05) is 6.61 Å². The highest BCUT2D eigenvalue weighted by Gasteiger charge is 2.14.